The lowest BCUT2D eigenvalue weighted by Gasteiger charge is -2.11. The number of nitrogens with one attached hydrogen (secondary N) is 1. The maximum absolute atomic E-state index is 12.7. The maximum Gasteiger partial charge on any atom is 0.401 e. The molecule has 0 aliphatic rings. The van der Waals surface area contributed by atoms with Gasteiger partial charge in [0, 0.05) is 6.54 Å². The van der Waals surface area contributed by atoms with Crippen molar-refractivity contribution in [2.24, 2.45) is 0 Å². The van der Waals surface area contributed by atoms with Gasteiger partial charge in [0.2, 0.25) is 0 Å². The van der Waals surface area contributed by atoms with Gasteiger partial charge in [-0.05, 0) is 30.7 Å². The van der Waals surface area contributed by atoms with Crippen LogP contribution in [0.1, 0.15) is 5.56 Å². The highest BCUT2D eigenvalue weighted by Crippen LogP contribution is 2.18. The molecule has 0 unspecified atom stereocenters. The summed E-state index contributed by atoms with van der Waals surface area (Å²) in [6.07, 6.45) is -4.22. The molecule has 0 aromatic heterocycles. The van der Waals surface area contributed by atoms with Crippen LogP contribution in [0.2, 0.25) is 0 Å². The summed E-state index contributed by atoms with van der Waals surface area (Å²) in [6, 6.07) is 4.00. The highest BCUT2D eigenvalue weighted by atomic mass is 19.4. The van der Waals surface area contributed by atoms with Crippen molar-refractivity contribution in [3.05, 3.63) is 29.6 Å². The summed E-state index contributed by atoms with van der Waals surface area (Å²) < 4.78 is 53.2. The number of aryl methyl sites for hydroxylation is 1. The van der Waals surface area contributed by atoms with Crippen LogP contribution in [0.5, 0.6) is 5.75 Å². The van der Waals surface area contributed by atoms with E-state index in [0.29, 0.717) is 11.3 Å². The van der Waals surface area contributed by atoms with Gasteiger partial charge in [0.1, 0.15) is 18.2 Å². The third kappa shape index (κ3) is 5.53. The van der Waals surface area contributed by atoms with Gasteiger partial charge < -0.3 is 10.1 Å². The summed E-state index contributed by atoms with van der Waals surface area (Å²) in [7, 11) is 0. The maximum atomic E-state index is 12.7. The average Bonchev–Trinajstić information content (AvgIpc) is 2.18. The summed E-state index contributed by atoms with van der Waals surface area (Å²) in [5.74, 6) is 0.102. The molecule has 0 radical (unpaired) electrons. The van der Waals surface area contributed by atoms with E-state index in [1.807, 2.05) is 0 Å². The van der Waals surface area contributed by atoms with Crippen molar-refractivity contribution in [3.8, 4) is 5.75 Å². The Morgan fingerprint density at radius 1 is 1.29 bits per heavy atom. The Hall–Kier alpha value is -1.30. The van der Waals surface area contributed by atoms with Crippen LogP contribution in [-0.2, 0) is 0 Å². The first-order chi connectivity index (χ1) is 7.88. The van der Waals surface area contributed by atoms with Crippen molar-refractivity contribution >= 4 is 0 Å². The van der Waals surface area contributed by atoms with Crippen LogP contribution < -0.4 is 10.1 Å². The van der Waals surface area contributed by atoms with Gasteiger partial charge in [-0.1, -0.05) is 0 Å². The average molecular weight is 251 g/mol. The van der Waals surface area contributed by atoms with Gasteiger partial charge in [-0.3, -0.25) is 0 Å². The molecule has 2 nitrogen and oxygen atoms in total. The second-order valence-corrected chi connectivity index (χ2v) is 3.55. The van der Waals surface area contributed by atoms with Crippen LogP contribution in [0.3, 0.4) is 0 Å². The molecule has 0 amide bonds. The molecule has 0 saturated heterocycles. The predicted octanol–water partition coefficient (Wildman–Crippen LogP) is 2.66. The van der Waals surface area contributed by atoms with Crippen LogP contribution in [0.25, 0.3) is 0 Å². The first kappa shape index (κ1) is 13.8. The Balaban J connectivity index is 2.27. The predicted molar refractivity (Wildman–Crippen MR) is 55.6 cm³/mol. The van der Waals surface area contributed by atoms with E-state index >= 15 is 0 Å². The van der Waals surface area contributed by atoms with E-state index in [0.717, 1.165) is 0 Å². The Bertz CT molecular complexity index is 365. The number of ether oxygens (including phenoxy) is 1. The third-order valence-corrected chi connectivity index (χ3v) is 2.00. The van der Waals surface area contributed by atoms with Crippen molar-refractivity contribution in [2.45, 2.75) is 13.1 Å². The molecule has 6 heteroatoms. The van der Waals surface area contributed by atoms with Crippen LogP contribution >= 0.6 is 0 Å². The zero-order valence-corrected chi connectivity index (χ0v) is 9.27. The van der Waals surface area contributed by atoms with Gasteiger partial charge in [0.05, 0.1) is 6.54 Å². The van der Waals surface area contributed by atoms with Crippen molar-refractivity contribution in [2.75, 3.05) is 19.7 Å². The first-order valence-corrected chi connectivity index (χ1v) is 5.05. The SMILES string of the molecule is Cc1cc(F)ccc1OCCNCC(F)(F)F. The Morgan fingerprint density at radius 3 is 2.59 bits per heavy atom. The fourth-order valence-electron chi connectivity index (χ4n) is 1.24. The molecule has 0 fully saturated rings. The minimum absolute atomic E-state index is 0.0797. The normalized spacial score (nSPS) is 11.6. The van der Waals surface area contributed by atoms with E-state index in [-0.39, 0.29) is 19.0 Å². The summed E-state index contributed by atoms with van der Waals surface area (Å²) in [4.78, 5) is 0. The summed E-state index contributed by atoms with van der Waals surface area (Å²) in [6.45, 7) is 0.805. The summed E-state index contributed by atoms with van der Waals surface area (Å²) >= 11 is 0. The monoisotopic (exact) mass is 251 g/mol. The second kappa shape index (κ2) is 5.86. The molecule has 0 aliphatic carbocycles. The lowest BCUT2D eigenvalue weighted by atomic mass is 10.2. The number of benzene rings is 1. The van der Waals surface area contributed by atoms with Crippen molar-refractivity contribution in [1.82, 2.24) is 5.32 Å². The topological polar surface area (TPSA) is 21.3 Å². The highest BCUT2D eigenvalue weighted by Gasteiger charge is 2.25. The van der Waals surface area contributed by atoms with Gasteiger partial charge in [0.15, 0.2) is 0 Å². The van der Waals surface area contributed by atoms with Gasteiger partial charge in [-0.25, -0.2) is 4.39 Å². The summed E-state index contributed by atoms with van der Waals surface area (Å²) in [5, 5.41) is 2.20. The molecule has 0 aliphatic heterocycles. The van der Waals surface area contributed by atoms with Crippen LogP contribution in [0.4, 0.5) is 17.6 Å². The zero-order valence-electron chi connectivity index (χ0n) is 9.27. The Morgan fingerprint density at radius 2 is 2.00 bits per heavy atom. The van der Waals surface area contributed by atoms with Crippen molar-refractivity contribution in [1.29, 1.82) is 0 Å². The Kier molecular flexibility index (Phi) is 4.74. The van der Waals surface area contributed by atoms with Crippen LogP contribution in [0, 0.1) is 12.7 Å². The van der Waals surface area contributed by atoms with Crippen molar-refractivity contribution in [3.63, 3.8) is 0 Å². The molecular formula is C11H13F4NO. The van der Waals surface area contributed by atoms with E-state index in [9.17, 15) is 17.6 Å². The van der Waals surface area contributed by atoms with E-state index in [2.05, 4.69) is 5.32 Å². The molecule has 1 aromatic rings. The van der Waals surface area contributed by atoms with Crippen molar-refractivity contribution < 1.29 is 22.3 Å². The molecule has 1 aromatic carbocycles. The number of halogens is 4. The molecule has 0 spiro atoms. The number of rotatable bonds is 5. The molecule has 1 N–H and O–H groups in total. The van der Waals surface area contributed by atoms with Gasteiger partial charge in [-0.15, -0.1) is 0 Å². The van der Waals surface area contributed by atoms with E-state index < -0.39 is 12.7 Å². The van der Waals surface area contributed by atoms with E-state index in [4.69, 9.17) is 4.74 Å². The lowest BCUT2D eigenvalue weighted by Crippen LogP contribution is -2.31. The zero-order chi connectivity index (χ0) is 12.9. The molecule has 0 heterocycles. The molecular weight excluding hydrogens is 238 g/mol. The molecule has 0 atom stereocenters. The Labute approximate surface area is 96.6 Å². The van der Waals surface area contributed by atoms with Crippen LogP contribution in [-0.4, -0.2) is 25.9 Å². The lowest BCUT2D eigenvalue weighted by molar-refractivity contribution is -0.124. The highest BCUT2D eigenvalue weighted by molar-refractivity contribution is 5.32. The van der Waals surface area contributed by atoms with E-state index in [1.54, 1.807) is 6.92 Å². The van der Waals surface area contributed by atoms with Gasteiger partial charge in [0.25, 0.3) is 0 Å². The molecule has 96 valence electrons. The fourth-order valence-corrected chi connectivity index (χ4v) is 1.24. The third-order valence-electron chi connectivity index (χ3n) is 2.00. The number of alkyl halides is 3. The van der Waals surface area contributed by atoms with E-state index in [1.165, 1.54) is 18.2 Å². The fraction of sp³-hybridized carbons (Fsp3) is 0.455. The molecule has 0 saturated carbocycles. The first-order valence-electron chi connectivity index (χ1n) is 5.05. The quantitative estimate of drug-likeness (QED) is 0.641. The standard InChI is InChI=1S/C11H13F4NO/c1-8-6-9(12)2-3-10(8)17-5-4-16-7-11(13,14)15/h2-3,6,16H,4-5,7H2,1H3. The molecule has 0 bridgehead atoms. The minimum Gasteiger partial charge on any atom is -0.492 e. The van der Waals surface area contributed by atoms with Gasteiger partial charge >= 0.3 is 6.18 Å². The van der Waals surface area contributed by atoms with Crippen LogP contribution in [0.15, 0.2) is 18.2 Å². The number of hydrogen-bond donors (Lipinski definition) is 1. The largest absolute Gasteiger partial charge is 0.492 e. The number of hydrogen-bond acceptors (Lipinski definition) is 2. The molecule has 17 heavy (non-hydrogen) atoms. The minimum atomic E-state index is -4.22. The smallest absolute Gasteiger partial charge is 0.401 e. The summed E-state index contributed by atoms with van der Waals surface area (Å²) in [5.41, 5.74) is 0.612. The molecule has 1 rings (SSSR count). The van der Waals surface area contributed by atoms with Gasteiger partial charge in [-0.2, -0.15) is 13.2 Å². The second-order valence-electron chi connectivity index (χ2n) is 3.55.